The molecule has 5 heteroatoms. The summed E-state index contributed by atoms with van der Waals surface area (Å²) in [6, 6.07) is 5.91. The van der Waals surface area contributed by atoms with Crippen LogP contribution >= 0.6 is 11.6 Å². The molecule has 0 N–H and O–H groups in total. The minimum absolute atomic E-state index is 0.195. The number of fused-ring (bicyclic) bond motifs is 2. The van der Waals surface area contributed by atoms with Crippen molar-refractivity contribution in [2.24, 2.45) is 0 Å². The van der Waals surface area contributed by atoms with Gasteiger partial charge in [-0.25, -0.2) is 9.97 Å². The summed E-state index contributed by atoms with van der Waals surface area (Å²) in [6.45, 7) is 2.03. The zero-order chi connectivity index (χ0) is 12.7. The predicted molar refractivity (Wildman–Crippen MR) is 71.1 cm³/mol. The third-order valence-corrected chi connectivity index (χ3v) is 3.08. The van der Waals surface area contributed by atoms with Gasteiger partial charge in [0, 0.05) is 17.0 Å². The van der Waals surface area contributed by atoms with Crippen LogP contribution in [0.3, 0.4) is 0 Å². The van der Waals surface area contributed by atoms with Gasteiger partial charge in [0.05, 0.1) is 7.11 Å². The van der Waals surface area contributed by atoms with E-state index in [1.165, 1.54) is 0 Å². The van der Waals surface area contributed by atoms with Crippen molar-refractivity contribution in [3.63, 3.8) is 0 Å². The van der Waals surface area contributed by atoms with Crippen LogP contribution in [0, 0.1) is 6.92 Å². The number of benzene rings is 1. The van der Waals surface area contributed by atoms with Gasteiger partial charge in [-0.15, -0.1) is 0 Å². The number of halogens is 1. The lowest BCUT2D eigenvalue weighted by molar-refractivity contribution is 0.419. The molecule has 0 saturated heterocycles. The van der Waals surface area contributed by atoms with Crippen molar-refractivity contribution < 1.29 is 4.74 Å². The van der Waals surface area contributed by atoms with Gasteiger partial charge in [-0.1, -0.05) is 6.07 Å². The van der Waals surface area contributed by atoms with Crippen LogP contribution in [0.15, 0.2) is 24.4 Å². The molecule has 18 heavy (non-hydrogen) atoms. The standard InChI is InChI=1S/C13H10ClN3O/c1-7-3-4-10(18-2)11-9(7)5-8-6-15-13(14)17-12(8)16-11/h3-6H,1-2H3. The van der Waals surface area contributed by atoms with E-state index in [0.717, 1.165) is 27.6 Å². The lowest BCUT2D eigenvalue weighted by Gasteiger charge is -2.08. The van der Waals surface area contributed by atoms with E-state index in [9.17, 15) is 0 Å². The summed E-state index contributed by atoms with van der Waals surface area (Å²) >= 11 is 5.78. The predicted octanol–water partition coefficient (Wildman–Crippen LogP) is 3.15. The Morgan fingerprint density at radius 1 is 1.22 bits per heavy atom. The highest BCUT2D eigenvalue weighted by atomic mass is 35.5. The second kappa shape index (κ2) is 4.07. The smallest absolute Gasteiger partial charge is 0.224 e. The molecular formula is C13H10ClN3O. The average molecular weight is 260 g/mol. The number of aryl methyl sites for hydroxylation is 1. The van der Waals surface area contributed by atoms with E-state index in [4.69, 9.17) is 16.3 Å². The van der Waals surface area contributed by atoms with Crippen molar-refractivity contribution in [1.82, 2.24) is 15.0 Å². The minimum Gasteiger partial charge on any atom is -0.494 e. The summed E-state index contributed by atoms with van der Waals surface area (Å²) in [7, 11) is 1.63. The second-order valence-electron chi connectivity index (χ2n) is 4.02. The van der Waals surface area contributed by atoms with Crippen LogP contribution in [0.1, 0.15) is 5.56 Å². The Hall–Kier alpha value is -1.94. The van der Waals surface area contributed by atoms with Gasteiger partial charge in [0.2, 0.25) is 5.28 Å². The van der Waals surface area contributed by atoms with Crippen LogP contribution in [0.5, 0.6) is 5.75 Å². The minimum atomic E-state index is 0.195. The molecule has 0 aliphatic heterocycles. The van der Waals surface area contributed by atoms with Gasteiger partial charge in [-0.05, 0) is 36.2 Å². The first-order chi connectivity index (χ1) is 8.69. The summed E-state index contributed by atoms with van der Waals surface area (Å²) in [5.74, 6) is 0.729. The molecule has 90 valence electrons. The Bertz CT molecular complexity index is 758. The fraction of sp³-hybridized carbons (Fsp3) is 0.154. The molecule has 3 aromatic rings. The van der Waals surface area contributed by atoms with Gasteiger partial charge in [-0.3, -0.25) is 0 Å². The number of hydrogen-bond acceptors (Lipinski definition) is 4. The third kappa shape index (κ3) is 1.66. The van der Waals surface area contributed by atoms with Crippen LogP contribution in [0.25, 0.3) is 21.9 Å². The van der Waals surface area contributed by atoms with Crippen LogP contribution in [-0.4, -0.2) is 22.1 Å². The zero-order valence-corrected chi connectivity index (χ0v) is 10.7. The molecular weight excluding hydrogens is 250 g/mol. The molecule has 4 nitrogen and oxygen atoms in total. The molecule has 0 aliphatic carbocycles. The normalized spacial score (nSPS) is 11.1. The van der Waals surface area contributed by atoms with Crippen molar-refractivity contribution in [3.05, 3.63) is 35.2 Å². The van der Waals surface area contributed by atoms with Crippen LogP contribution in [0.2, 0.25) is 5.28 Å². The van der Waals surface area contributed by atoms with Crippen LogP contribution in [0.4, 0.5) is 0 Å². The second-order valence-corrected chi connectivity index (χ2v) is 4.36. The number of nitrogens with zero attached hydrogens (tertiary/aromatic N) is 3. The van der Waals surface area contributed by atoms with E-state index in [1.54, 1.807) is 13.3 Å². The molecule has 0 bridgehead atoms. The Morgan fingerprint density at radius 3 is 2.83 bits per heavy atom. The monoisotopic (exact) mass is 259 g/mol. The maximum atomic E-state index is 5.78. The number of aromatic nitrogens is 3. The fourth-order valence-electron chi connectivity index (χ4n) is 1.97. The summed E-state index contributed by atoms with van der Waals surface area (Å²) in [4.78, 5) is 12.6. The van der Waals surface area contributed by atoms with Crippen molar-refractivity contribution in [3.8, 4) is 5.75 Å². The molecule has 0 saturated carbocycles. The van der Waals surface area contributed by atoms with E-state index in [1.807, 2.05) is 25.1 Å². The molecule has 2 aromatic heterocycles. The number of ether oxygens (including phenoxy) is 1. The molecule has 0 spiro atoms. The van der Waals surface area contributed by atoms with Gasteiger partial charge in [0.15, 0.2) is 5.65 Å². The van der Waals surface area contributed by atoms with Gasteiger partial charge in [-0.2, -0.15) is 4.98 Å². The van der Waals surface area contributed by atoms with E-state index in [0.29, 0.717) is 5.65 Å². The SMILES string of the molecule is COc1ccc(C)c2cc3cnc(Cl)nc3nc12. The van der Waals surface area contributed by atoms with E-state index >= 15 is 0 Å². The van der Waals surface area contributed by atoms with Crippen molar-refractivity contribution in [2.45, 2.75) is 6.92 Å². The zero-order valence-electron chi connectivity index (χ0n) is 9.94. The summed E-state index contributed by atoms with van der Waals surface area (Å²) < 4.78 is 5.32. The first-order valence-electron chi connectivity index (χ1n) is 5.45. The largest absolute Gasteiger partial charge is 0.494 e. The van der Waals surface area contributed by atoms with Crippen molar-refractivity contribution in [1.29, 1.82) is 0 Å². The van der Waals surface area contributed by atoms with E-state index in [-0.39, 0.29) is 5.28 Å². The molecule has 0 atom stereocenters. The number of methoxy groups -OCH3 is 1. The Kier molecular flexibility index (Phi) is 2.52. The molecule has 0 radical (unpaired) electrons. The van der Waals surface area contributed by atoms with Gasteiger partial charge in [0.1, 0.15) is 11.3 Å². The number of pyridine rings is 1. The molecule has 0 unspecified atom stereocenters. The lowest BCUT2D eigenvalue weighted by Crippen LogP contribution is -1.93. The molecule has 1 aromatic carbocycles. The first-order valence-corrected chi connectivity index (χ1v) is 5.83. The fourth-order valence-corrected chi connectivity index (χ4v) is 2.09. The van der Waals surface area contributed by atoms with Crippen LogP contribution < -0.4 is 4.74 Å². The topological polar surface area (TPSA) is 47.9 Å². The first kappa shape index (κ1) is 11.2. The quantitative estimate of drug-likeness (QED) is 0.498. The van der Waals surface area contributed by atoms with Crippen molar-refractivity contribution in [2.75, 3.05) is 7.11 Å². The van der Waals surface area contributed by atoms with E-state index < -0.39 is 0 Å². The Balaban J connectivity index is 2.48. The summed E-state index contributed by atoms with van der Waals surface area (Å²) in [5.41, 5.74) is 2.50. The molecule has 0 fully saturated rings. The maximum absolute atomic E-state index is 5.78. The molecule has 2 heterocycles. The van der Waals surface area contributed by atoms with E-state index in [2.05, 4.69) is 15.0 Å². The third-order valence-electron chi connectivity index (χ3n) is 2.90. The van der Waals surface area contributed by atoms with Gasteiger partial charge in [0.25, 0.3) is 0 Å². The Morgan fingerprint density at radius 2 is 2.06 bits per heavy atom. The summed E-state index contributed by atoms with van der Waals surface area (Å²) in [5, 5.41) is 2.09. The van der Waals surface area contributed by atoms with Gasteiger partial charge >= 0.3 is 0 Å². The lowest BCUT2D eigenvalue weighted by atomic mass is 10.1. The Labute approximate surface area is 109 Å². The van der Waals surface area contributed by atoms with Gasteiger partial charge < -0.3 is 4.74 Å². The van der Waals surface area contributed by atoms with Crippen molar-refractivity contribution >= 4 is 33.5 Å². The summed E-state index contributed by atoms with van der Waals surface area (Å²) in [6.07, 6.45) is 1.68. The molecule has 0 aliphatic rings. The highest BCUT2D eigenvalue weighted by Gasteiger charge is 2.09. The maximum Gasteiger partial charge on any atom is 0.224 e. The highest BCUT2D eigenvalue weighted by molar-refractivity contribution is 6.28. The molecule has 0 amide bonds. The number of hydrogen-bond donors (Lipinski definition) is 0. The highest BCUT2D eigenvalue weighted by Crippen LogP contribution is 2.28. The average Bonchev–Trinajstić information content (AvgIpc) is 2.37. The number of rotatable bonds is 1. The molecule has 3 rings (SSSR count). The van der Waals surface area contributed by atoms with Crippen LogP contribution in [-0.2, 0) is 0 Å².